The van der Waals surface area contributed by atoms with Crippen molar-refractivity contribution in [3.8, 4) is 0 Å². The molecule has 2 aromatic rings. The third kappa shape index (κ3) is 2.45. The first-order valence-electron chi connectivity index (χ1n) is 9.11. The summed E-state index contributed by atoms with van der Waals surface area (Å²) in [5, 5.41) is 0. The second-order valence-corrected chi connectivity index (χ2v) is 7.60. The second-order valence-electron chi connectivity index (χ2n) is 7.60. The van der Waals surface area contributed by atoms with Crippen LogP contribution in [0.25, 0.3) is 12.2 Å². The monoisotopic (exact) mass is 314 g/mol. The van der Waals surface area contributed by atoms with Crippen molar-refractivity contribution in [1.82, 2.24) is 0 Å². The Morgan fingerprint density at radius 2 is 1.50 bits per heavy atom. The highest BCUT2D eigenvalue weighted by molar-refractivity contribution is 5.69. The number of allylic oxidation sites excluding steroid dienone is 2. The smallest absolute Gasteiger partial charge is 0.00330 e. The minimum absolute atomic E-state index is 0.590. The normalized spacial score (nSPS) is 17.8. The van der Waals surface area contributed by atoms with Crippen LogP contribution in [0.3, 0.4) is 0 Å². The zero-order chi connectivity index (χ0) is 16.8. The van der Waals surface area contributed by atoms with Gasteiger partial charge in [0.05, 0.1) is 0 Å². The highest BCUT2D eigenvalue weighted by Gasteiger charge is 2.22. The maximum atomic E-state index is 2.46. The van der Waals surface area contributed by atoms with Crippen molar-refractivity contribution in [1.29, 1.82) is 0 Å². The maximum absolute atomic E-state index is 2.46. The predicted molar refractivity (Wildman–Crippen MR) is 105 cm³/mol. The average Bonchev–Trinajstić information content (AvgIpc) is 3.18. The fourth-order valence-corrected chi connectivity index (χ4v) is 4.43. The van der Waals surface area contributed by atoms with Gasteiger partial charge in [-0.2, -0.15) is 0 Å². The quantitative estimate of drug-likeness (QED) is 0.610. The van der Waals surface area contributed by atoms with Crippen LogP contribution >= 0.6 is 0 Å². The molecule has 0 heterocycles. The van der Waals surface area contributed by atoms with Gasteiger partial charge in [-0.3, -0.25) is 0 Å². The molecule has 122 valence electrons. The molecular formula is C24H26. The molecule has 0 N–H and O–H groups in total. The second kappa shape index (κ2) is 5.77. The molecule has 0 radical (unpaired) electrons. The van der Waals surface area contributed by atoms with E-state index < -0.39 is 0 Å². The Kier molecular flexibility index (Phi) is 3.72. The van der Waals surface area contributed by atoms with Crippen LogP contribution in [0.1, 0.15) is 63.3 Å². The summed E-state index contributed by atoms with van der Waals surface area (Å²) in [6, 6.07) is 9.07. The summed E-state index contributed by atoms with van der Waals surface area (Å²) in [4.78, 5) is 0. The summed E-state index contributed by atoms with van der Waals surface area (Å²) >= 11 is 0. The lowest BCUT2D eigenvalue weighted by Crippen LogP contribution is -1.99. The Hall–Kier alpha value is -2.08. The lowest BCUT2D eigenvalue weighted by atomic mass is 9.89. The Morgan fingerprint density at radius 3 is 2.25 bits per heavy atom. The molecule has 0 amide bonds. The van der Waals surface area contributed by atoms with Crippen molar-refractivity contribution in [2.24, 2.45) is 0 Å². The van der Waals surface area contributed by atoms with Gasteiger partial charge in [-0.25, -0.2) is 0 Å². The number of hydrogen-bond acceptors (Lipinski definition) is 0. The topological polar surface area (TPSA) is 0 Å². The van der Waals surface area contributed by atoms with Gasteiger partial charge in [-0.1, -0.05) is 48.1 Å². The van der Waals surface area contributed by atoms with Crippen LogP contribution in [0.15, 0.2) is 35.9 Å². The Labute approximate surface area is 145 Å². The minimum atomic E-state index is 0.590. The summed E-state index contributed by atoms with van der Waals surface area (Å²) in [6.07, 6.45) is 10.8. The summed E-state index contributed by atoms with van der Waals surface area (Å²) in [5.41, 5.74) is 13.4. The Balaban J connectivity index is 1.52. The molecule has 1 atom stereocenters. The van der Waals surface area contributed by atoms with Gasteiger partial charge < -0.3 is 0 Å². The average molecular weight is 314 g/mol. The Bertz CT molecular complexity index is 877. The van der Waals surface area contributed by atoms with E-state index in [-0.39, 0.29) is 0 Å². The number of benzene rings is 2. The molecule has 24 heavy (non-hydrogen) atoms. The molecule has 0 aliphatic heterocycles. The van der Waals surface area contributed by atoms with Crippen molar-refractivity contribution in [2.75, 3.05) is 0 Å². The van der Waals surface area contributed by atoms with Crippen molar-refractivity contribution < 1.29 is 0 Å². The summed E-state index contributed by atoms with van der Waals surface area (Å²) in [5.74, 6) is 0.590. The fourth-order valence-electron chi connectivity index (χ4n) is 4.43. The lowest BCUT2D eigenvalue weighted by molar-refractivity contribution is 0.729. The van der Waals surface area contributed by atoms with E-state index in [0.717, 1.165) is 6.42 Å². The molecule has 0 bridgehead atoms. The van der Waals surface area contributed by atoms with Crippen molar-refractivity contribution in [3.63, 3.8) is 0 Å². The third-order valence-corrected chi connectivity index (χ3v) is 5.93. The summed E-state index contributed by atoms with van der Waals surface area (Å²) in [6.45, 7) is 8.97. The first-order valence-corrected chi connectivity index (χ1v) is 9.11. The molecule has 2 aliphatic rings. The van der Waals surface area contributed by atoms with E-state index in [0.29, 0.717) is 5.92 Å². The van der Waals surface area contributed by atoms with Crippen LogP contribution in [-0.2, 0) is 6.42 Å². The van der Waals surface area contributed by atoms with Crippen LogP contribution in [0, 0.1) is 27.7 Å². The van der Waals surface area contributed by atoms with Gasteiger partial charge in [0.2, 0.25) is 0 Å². The predicted octanol–water partition coefficient (Wildman–Crippen LogP) is 6.45. The number of hydrogen-bond donors (Lipinski definition) is 0. The van der Waals surface area contributed by atoms with E-state index in [4.69, 9.17) is 0 Å². The van der Waals surface area contributed by atoms with Gasteiger partial charge in [0, 0.05) is 5.92 Å². The van der Waals surface area contributed by atoms with Crippen molar-refractivity contribution in [3.05, 3.63) is 80.4 Å². The molecule has 0 fully saturated rings. The number of fused-ring (bicyclic) bond motifs is 2. The van der Waals surface area contributed by atoms with Gasteiger partial charge >= 0.3 is 0 Å². The van der Waals surface area contributed by atoms with Crippen LogP contribution < -0.4 is 0 Å². The fraction of sp³-hybridized carbons (Fsp3) is 0.333. The standard InChI is InChI=1S/C24H26/c1-15-7-8-18(4)24-20(11-12-21(15)24)10-9-19-13-22-16(2)5-6-17(3)23(22)14-19/h5-8,11-13,20H,9-10,14H2,1-4H3. The van der Waals surface area contributed by atoms with E-state index in [1.165, 1.54) is 46.2 Å². The van der Waals surface area contributed by atoms with Gasteiger partial charge in [0.25, 0.3) is 0 Å². The third-order valence-electron chi connectivity index (χ3n) is 5.93. The molecular weight excluding hydrogens is 288 g/mol. The molecule has 0 aromatic heterocycles. The molecule has 0 nitrogen and oxygen atoms in total. The van der Waals surface area contributed by atoms with Crippen LogP contribution in [0.5, 0.6) is 0 Å². The van der Waals surface area contributed by atoms with E-state index in [2.05, 4.69) is 70.2 Å². The number of aryl methyl sites for hydroxylation is 4. The van der Waals surface area contributed by atoms with Crippen molar-refractivity contribution in [2.45, 2.75) is 52.9 Å². The largest absolute Gasteiger partial charge is 0.0764 e. The van der Waals surface area contributed by atoms with Gasteiger partial charge in [-0.05, 0) is 91.5 Å². The molecule has 2 aliphatic carbocycles. The lowest BCUT2D eigenvalue weighted by Gasteiger charge is -2.15. The summed E-state index contributed by atoms with van der Waals surface area (Å²) < 4.78 is 0. The number of rotatable bonds is 3. The maximum Gasteiger partial charge on any atom is 0.00330 e. The van der Waals surface area contributed by atoms with Crippen molar-refractivity contribution >= 4 is 12.2 Å². The summed E-state index contributed by atoms with van der Waals surface area (Å²) in [7, 11) is 0. The van der Waals surface area contributed by atoms with Gasteiger partial charge in [0.1, 0.15) is 0 Å². The van der Waals surface area contributed by atoms with E-state index in [1.54, 1.807) is 16.7 Å². The van der Waals surface area contributed by atoms with Crippen LogP contribution in [-0.4, -0.2) is 0 Å². The van der Waals surface area contributed by atoms with Crippen LogP contribution in [0.4, 0.5) is 0 Å². The molecule has 1 unspecified atom stereocenters. The molecule has 0 heteroatoms. The van der Waals surface area contributed by atoms with Gasteiger partial charge in [-0.15, -0.1) is 0 Å². The van der Waals surface area contributed by atoms with Crippen LogP contribution in [0.2, 0.25) is 0 Å². The van der Waals surface area contributed by atoms with E-state index >= 15 is 0 Å². The molecule has 0 spiro atoms. The molecule has 4 rings (SSSR count). The molecule has 0 saturated heterocycles. The SMILES string of the molecule is Cc1ccc(C)c2c1C=C(CCC1C=Cc3c(C)ccc(C)c31)C2. The van der Waals surface area contributed by atoms with E-state index in [9.17, 15) is 0 Å². The van der Waals surface area contributed by atoms with E-state index in [1.807, 2.05) is 0 Å². The first kappa shape index (κ1) is 15.4. The highest BCUT2D eigenvalue weighted by atomic mass is 14.3. The zero-order valence-electron chi connectivity index (χ0n) is 15.2. The molecule has 2 aromatic carbocycles. The van der Waals surface area contributed by atoms with Gasteiger partial charge in [0.15, 0.2) is 0 Å². The Morgan fingerprint density at radius 1 is 0.833 bits per heavy atom. The first-order chi connectivity index (χ1) is 11.5. The highest BCUT2D eigenvalue weighted by Crippen LogP contribution is 2.40. The minimum Gasteiger partial charge on any atom is -0.0764 e. The zero-order valence-corrected chi connectivity index (χ0v) is 15.2. The molecule has 0 saturated carbocycles.